The summed E-state index contributed by atoms with van der Waals surface area (Å²) in [7, 11) is -1.20. The van der Waals surface area contributed by atoms with E-state index >= 15 is 0 Å². The molecule has 6 radical (unpaired) electrons. The molecule has 4 saturated heterocycles. The molecule has 2 aliphatic carbocycles. The van der Waals surface area contributed by atoms with Crippen molar-refractivity contribution in [2.75, 3.05) is 6.61 Å². The van der Waals surface area contributed by atoms with E-state index in [1.807, 2.05) is 0 Å². The summed E-state index contributed by atoms with van der Waals surface area (Å²) in [5.41, 5.74) is 0. The van der Waals surface area contributed by atoms with Gasteiger partial charge in [-0.25, -0.2) is 0 Å². The molecule has 0 amide bonds. The second-order valence-electron chi connectivity index (χ2n) is 8.94. The third kappa shape index (κ3) is 6.21. The van der Waals surface area contributed by atoms with E-state index in [1.165, 1.54) is 18.3 Å². The van der Waals surface area contributed by atoms with E-state index in [-0.39, 0.29) is 75.3 Å². The molecular formula is C22H31Cl2O6OsP. The van der Waals surface area contributed by atoms with Gasteiger partial charge in [0.25, 0.3) is 0 Å². The van der Waals surface area contributed by atoms with Gasteiger partial charge in [0.15, 0.2) is 12.1 Å². The first-order chi connectivity index (χ1) is 14.0. The SMILES string of the molecule is C1CCC2(CC1)O[C@H]1O[C@@H]3C4COP(O4)O[C@@H]3[C@H]1O2.C[C]1[CH][CH][C](C(C)C)[CH][CH]1.[Cl-].[Cl-].[Os+2]. The first-order valence-electron chi connectivity index (χ1n) is 10.9. The Hall–Kier alpha value is 1.41. The topological polar surface area (TPSA) is 55.4 Å². The average molecular weight is 684 g/mol. The van der Waals surface area contributed by atoms with Crippen molar-refractivity contribution < 1.29 is 72.4 Å². The average Bonchev–Trinajstić information content (AvgIpc) is 3.36. The standard InChI is InChI=1S/C12H17O6P.C10H14.2ClH.Os/c1-2-4-12(5-3-1)15-10-9-8(14-11(10)16-12)7-6-13-19(17-7)18-9;1-8(2)10-6-4-9(3)5-7-10;;;/h7-11H,1-6H2;4-8H,1-3H3;2*1H;/q;;;;+2/p-2/t7?,8-,9+,10-,11-,19?;;;;/m1..../s1. The van der Waals surface area contributed by atoms with Crippen LogP contribution in [0.3, 0.4) is 0 Å². The molecule has 6 aliphatic rings. The van der Waals surface area contributed by atoms with Gasteiger partial charge in [0, 0.05) is 12.8 Å². The zero-order chi connectivity index (χ0) is 20.0. The number of rotatable bonds is 1. The monoisotopic (exact) mass is 684 g/mol. The second-order valence-corrected chi connectivity index (χ2v) is 10.1. The van der Waals surface area contributed by atoms with Gasteiger partial charge in [-0.2, -0.15) is 0 Å². The minimum atomic E-state index is -1.20. The second kappa shape index (κ2) is 12.6. The molecule has 4 heterocycles. The van der Waals surface area contributed by atoms with Gasteiger partial charge in [-0.15, -0.1) is 0 Å². The van der Waals surface area contributed by atoms with Crippen LogP contribution >= 0.6 is 8.60 Å². The molecule has 6 nitrogen and oxygen atoms in total. The number of hydrogen-bond donors (Lipinski definition) is 0. The molecular weight excluding hydrogens is 652 g/mol. The Morgan fingerprint density at radius 2 is 1.59 bits per heavy atom. The summed E-state index contributed by atoms with van der Waals surface area (Å²) in [6.07, 6.45) is 13.6. The molecule has 0 N–H and O–H groups in total. The van der Waals surface area contributed by atoms with Crippen LogP contribution < -0.4 is 24.8 Å². The summed E-state index contributed by atoms with van der Waals surface area (Å²) < 4.78 is 35.2. The third-order valence-electron chi connectivity index (χ3n) is 6.39. The van der Waals surface area contributed by atoms with Gasteiger partial charge in [-0.1, -0.05) is 27.2 Å². The first kappa shape index (κ1) is 29.6. The molecule has 0 aromatic rings. The summed E-state index contributed by atoms with van der Waals surface area (Å²) in [4.78, 5) is 0. The molecule has 6 fully saturated rings. The van der Waals surface area contributed by atoms with Gasteiger partial charge in [0.1, 0.15) is 24.4 Å². The van der Waals surface area contributed by atoms with E-state index in [0.29, 0.717) is 12.5 Å². The van der Waals surface area contributed by atoms with Crippen LogP contribution in [0, 0.1) is 43.4 Å². The van der Waals surface area contributed by atoms with Gasteiger partial charge in [0.2, 0.25) is 0 Å². The molecule has 6 rings (SSSR count). The largest absolute Gasteiger partial charge is 2.00 e. The molecule has 2 saturated carbocycles. The van der Waals surface area contributed by atoms with Crippen LogP contribution in [0.1, 0.15) is 52.9 Å². The van der Waals surface area contributed by atoms with E-state index in [9.17, 15) is 0 Å². The smallest absolute Gasteiger partial charge is 1.00 e. The van der Waals surface area contributed by atoms with Crippen molar-refractivity contribution in [1.29, 1.82) is 0 Å². The zero-order valence-electron chi connectivity index (χ0n) is 18.5. The molecule has 6 atom stereocenters. The molecule has 10 heteroatoms. The number of ether oxygens (including phenoxy) is 3. The molecule has 32 heavy (non-hydrogen) atoms. The molecule has 2 unspecified atom stereocenters. The van der Waals surface area contributed by atoms with E-state index in [2.05, 4.69) is 46.5 Å². The van der Waals surface area contributed by atoms with Crippen LogP contribution in [0.15, 0.2) is 0 Å². The Morgan fingerprint density at radius 1 is 0.906 bits per heavy atom. The van der Waals surface area contributed by atoms with E-state index < -0.39 is 14.4 Å². The molecule has 0 aromatic carbocycles. The normalized spacial score (nSPS) is 39.8. The van der Waals surface area contributed by atoms with E-state index in [1.54, 1.807) is 0 Å². The zero-order valence-corrected chi connectivity index (χ0v) is 23.5. The van der Waals surface area contributed by atoms with Gasteiger partial charge in [0.05, 0.1) is 6.61 Å². The van der Waals surface area contributed by atoms with E-state index in [0.717, 1.165) is 25.7 Å². The minimum Gasteiger partial charge on any atom is -1.00 e. The molecule has 4 aliphatic heterocycles. The predicted octanol–water partition coefficient (Wildman–Crippen LogP) is -1.52. The fraction of sp³-hybridized carbons (Fsp3) is 0.727. The Labute approximate surface area is 219 Å². The van der Waals surface area contributed by atoms with Crippen molar-refractivity contribution in [1.82, 2.24) is 0 Å². The Kier molecular flexibility index (Phi) is 11.7. The van der Waals surface area contributed by atoms with E-state index in [4.69, 9.17) is 27.8 Å². The predicted molar refractivity (Wildman–Crippen MR) is 107 cm³/mol. The number of halogens is 2. The quantitative estimate of drug-likeness (QED) is 0.314. The summed E-state index contributed by atoms with van der Waals surface area (Å²) in [5.74, 6) is 2.99. The number of fused-ring (bicyclic) bond motifs is 6. The van der Waals surface area contributed by atoms with Crippen molar-refractivity contribution >= 4 is 8.60 Å². The van der Waals surface area contributed by atoms with Crippen LogP contribution in [-0.4, -0.2) is 43.1 Å². The minimum absolute atomic E-state index is 0. The molecule has 1 spiro atoms. The maximum atomic E-state index is 6.23. The summed E-state index contributed by atoms with van der Waals surface area (Å²) in [5, 5.41) is 0. The summed E-state index contributed by atoms with van der Waals surface area (Å²) in [6.45, 7) is 7.09. The van der Waals surface area contributed by atoms with Crippen molar-refractivity contribution in [2.45, 2.75) is 89.4 Å². The van der Waals surface area contributed by atoms with Crippen LogP contribution in [0.2, 0.25) is 0 Å². The van der Waals surface area contributed by atoms with Gasteiger partial charge in [-0.05, 0) is 56.3 Å². The molecule has 182 valence electrons. The van der Waals surface area contributed by atoms with Crippen molar-refractivity contribution in [3.63, 3.8) is 0 Å². The van der Waals surface area contributed by atoms with Gasteiger partial charge >= 0.3 is 28.4 Å². The Morgan fingerprint density at radius 3 is 2.25 bits per heavy atom. The van der Waals surface area contributed by atoms with Crippen molar-refractivity contribution in [2.24, 2.45) is 5.92 Å². The van der Waals surface area contributed by atoms with Crippen LogP contribution in [0.5, 0.6) is 0 Å². The van der Waals surface area contributed by atoms with Crippen LogP contribution in [-0.2, 0) is 47.6 Å². The maximum Gasteiger partial charge on any atom is 2.00 e. The first-order valence-corrected chi connectivity index (χ1v) is 12.0. The summed E-state index contributed by atoms with van der Waals surface area (Å²) >= 11 is 0. The van der Waals surface area contributed by atoms with Crippen molar-refractivity contribution in [3.05, 3.63) is 37.5 Å². The fourth-order valence-corrected chi connectivity index (χ4v) is 5.95. The Bertz CT molecular complexity index is 577. The third-order valence-corrected chi connectivity index (χ3v) is 7.61. The fourth-order valence-electron chi connectivity index (χ4n) is 4.67. The van der Waals surface area contributed by atoms with Crippen LogP contribution in [0.25, 0.3) is 0 Å². The van der Waals surface area contributed by atoms with Crippen molar-refractivity contribution in [3.8, 4) is 0 Å². The maximum absolute atomic E-state index is 6.23. The number of hydrogen-bond acceptors (Lipinski definition) is 6. The van der Waals surface area contributed by atoms with Crippen LogP contribution in [0.4, 0.5) is 0 Å². The Balaban J connectivity index is 0.000000245. The molecule has 0 aromatic heterocycles. The van der Waals surface area contributed by atoms with Gasteiger partial charge < -0.3 is 52.6 Å². The molecule has 2 bridgehead atoms. The van der Waals surface area contributed by atoms with Gasteiger partial charge in [-0.3, -0.25) is 0 Å². The summed E-state index contributed by atoms with van der Waals surface area (Å²) in [6, 6.07) is 0.